The summed E-state index contributed by atoms with van der Waals surface area (Å²) >= 11 is 0.910. The highest BCUT2D eigenvalue weighted by Gasteiger charge is 2.22. The first-order valence-corrected chi connectivity index (χ1v) is 8.27. The molecule has 0 aliphatic heterocycles. The maximum atomic E-state index is 15.0. The quantitative estimate of drug-likeness (QED) is 0.758. The lowest BCUT2D eigenvalue weighted by Crippen LogP contribution is -2.20. The zero-order valence-electron chi connectivity index (χ0n) is 13.1. The van der Waals surface area contributed by atoms with Gasteiger partial charge in [-0.15, -0.1) is 0 Å². The van der Waals surface area contributed by atoms with Crippen LogP contribution in [0.4, 0.5) is 8.78 Å². The number of aromatic carboxylic acids is 1. The molecule has 2 aromatic carbocycles. The van der Waals surface area contributed by atoms with Gasteiger partial charge in [-0.05, 0) is 25.1 Å². The molecule has 3 rings (SSSR count). The number of pyridine rings is 1. The number of benzene rings is 2. The molecule has 0 fully saturated rings. The molecule has 0 saturated heterocycles. The van der Waals surface area contributed by atoms with Gasteiger partial charge in [-0.3, -0.25) is 4.79 Å². The largest absolute Gasteiger partial charge is 0.477 e. The van der Waals surface area contributed by atoms with Crippen molar-refractivity contribution in [2.75, 3.05) is 0 Å². The van der Waals surface area contributed by atoms with Crippen molar-refractivity contribution in [1.29, 1.82) is 0 Å². The predicted molar refractivity (Wildman–Crippen MR) is 91.3 cm³/mol. The zero-order chi connectivity index (χ0) is 18.1. The van der Waals surface area contributed by atoms with E-state index in [-0.39, 0.29) is 22.3 Å². The Kier molecular flexibility index (Phi) is 4.59. The van der Waals surface area contributed by atoms with Gasteiger partial charge in [0.25, 0.3) is 0 Å². The van der Waals surface area contributed by atoms with Gasteiger partial charge in [0.2, 0.25) is 5.43 Å². The van der Waals surface area contributed by atoms with Crippen LogP contribution in [0.15, 0.2) is 57.2 Å². The minimum Gasteiger partial charge on any atom is -0.477 e. The summed E-state index contributed by atoms with van der Waals surface area (Å²) in [5, 5.41) is 8.84. The third-order valence-electron chi connectivity index (χ3n) is 3.75. The summed E-state index contributed by atoms with van der Waals surface area (Å²) in [7, 11) is 0. The van der Waals surface area contributed by atoms with Crippen molar-refractivity contribution in [1.82, 2.24) is 4.57 Å². The molecule has 1 N–H and O–H groups in total. The number of nitrogens with zero attached hydrogens (tertiary/aromatic N) is 1. The van der Waals surface area contributed by atoms with Gasteiger partial charge in [-0.25, -0.2) is 13.6 Å². The van der Waals surface area contributed by atoms with Crippen molar-refractivity contribution in [3.63, 3.8) is 0 Å². The predicted octanol–water partition coefficient (Wildman–Crippen LogP) is 4.15. The lowest BCUT2D eigenvalue weighted by atomic mass is 10.1. The molecule has 0 unspecified atom stereocenters. The van der Waals surface area contributed by atoms with Crippen LogP contribution in [0, 0.1) is 11.6 Å². The molecule has 4 nitrogen and oxygen atoms in total. The van der Waals surface area contributed by atoms with E-state index in [1.54, 1.807) is 37.3 Å². The fraction of sp³-hybridized carbons (Fsp3) is 0.111. The third-order valence-corrected chi connectivity index (χ3v) is 4.83. The van der Waals surface area contributed by atoms with Crippen LogP contribution in [0.2, 0.25) is 0 Å². The summed E-state index contributed by atoms with van der Waals surface area (Å²) in [5.74, 6) is -3.21. The molecular weight excluding hydrogens is 348 g/mol. The van der Waals surface area contributed by atoms with E-state index in [9.17, 15) is 14.0 Å². The maximum absolute atomic E-state index is 15.0. The third kappa shape index (κ3) is 3.02. The van der Waals surface area contributed by atoms with Crippen molar-refractivity contribution in [2.24, 2.45) is 0 Å². The van der Waals surface area contributed by atoms with E-state index in [0.29, 0.717) is 4.90 Å². The summed E-state index contributed by atoms with van der Waals surface area (Å²) in [6.07, 6.45) is 1.09. The summed E-state index contributed by atoms with van der Waals surface area (Å²) in [4.78, 5) is 23.9. The van der Waals surface area contributed by atoms with E-state index in [0.717, 1.165) is 24.0 Å². The Bertz CT molecular complexity index is 1030. The Labute approximate surface area is 145 Å². The first-order valence-electron chi connectivity index (χ1n) is 7.45. The monoisotopic (exact) mass is 361 g/mol. The number of halogens is 2. The van der Waals surface area contributed by atoms with Gasteiger partial charge >= 0.3 is 5.97 Å². The average molecular weight is 361 g/mol. The molecule has 128 valence electrons. The fourth-order valence-electron chi connectivity index (χ4n) is 2.57. The topological polar surface area (TPSA) is 59.3 Å². The zero-order valence-corrected chi connectivity index (χ0v) is 13.9. The SMILES string of the molecule is CCn1cc(C(=O)O)c(=O)c2cc(F)c(Sc3ccccc3)c(F)c21. The number of hydrogen-bond acceptors (Lipinski definition) is 3. The molecule has 0 aliphatic carbocycles. The minimum atomic E-state index is -1.43. The first-order chi connectivity index (χ1) is 11.9. The van der Waals surface area contributed by atoms with Crippen LogP contribution in [-0.2, 0) is 6.54 Å². The van der Waals surface area contributed by atoms with Crippen molar-refractivity contribution in [2.45, 2.75) is 23.3 Å². The maximum Gasteiger partial charge on any atom is 0.341 e. The van der Waals surface area contributed by atoms with Crippen LogP contribution in [-0.4, -0.2) is 15.6 Å². The molecule has 0 bridgehead atoms. The normalized spacial score (nSPS) is 11.0. The van der Waals surface area contributed by atoms with Gasteiger partial charge in [-0.2, -0.15) is 0 Å². The van der Waals surface area contributed by atoms with E-state index in [2.05, 4.69) is 0 Å². The number of carboxylic acid groups (broad SMARTS) is 1. The molecule has 0 aliphatic rings. The minimum absolute atomic E-state index is 0.0997. The number of rotatable bonds is 4. The second-order valence-corrected chi connectivity index (χ2v) is 6.36. The highest BCUT2D eigenvalue weighted by Crippen LogP contribution is 2.35. The molecule has 1 heterocycles. The number of fused-ring (bicyclic) bond motifs is 1. The van der Waals surface area contributed by atoms with E-state index in [1.165, 1.54) is 4.57 Å². The smallest absolute Gasteiger partial charge is 0.341 e. The van der Waals surface area contributed by atoms with Crippen molar-refractivity contribution >= 4 is 28.6 Å². The van der Waals surface area contributed by atoms with Crippen LogP contribution in [0.5, 0.6) is 0 Å². The number of hydrogen-bond donors (Lipinski definition) is 1. The van der Waals surface area contributed by atoms with Crippen molar-refractivity contribution in [3.05, 3.63) is 70.0 Å². The van der Waals surface area contributed by atoms with E-state index < -0.39 is 28.6 Å². The Balaban J connectivity index is 2.31. The highest BCUT2D eigenvalue weighted by atomic mass is 32.2. The number of carbonyl (C=O) groups is 1. The molecule has 0 saturated carbocycles. The van der Waals surface area contributed by atoms with Gasteiger partial charge in [0.1, 0.15) is 11.4 Å². The van der Waals surface area contributed by atoms with E-state index >= 15 is 4.39 Å². The standard InChI is InChI=1S/C18H13F2NO3S/c1-2-21-9-12(18(23)24)16(22)11-8-13(19)17(14(20)15(11)21)25-10-6-4-3-5-7-10/h3-9H,2H2,1H3,(H,23,24). The van der Waals surface area contributed by atoms with Gasteiger partial charge in [0.05, 0.1) is 15.8 Å². The molecule has 25 heavy (non-hydrogen) atoms. The van der Waals surface area contributed by atoms with Gasteiger partial charge in [-0.1, -0.05) is 30.0 Å². The highest BCUT2D eigenvalue weighted by molar-refractivity contribution is 7.99. The lowest BCUT2D eigenvalue weighted by molar-refractivity contribution is 0.0695. The van der Waals surface area contributed by atoms with E-state index in [4.69, 9.17) is 5.11 Å². The Morgan fingerprint density at radius 2 is 1.92 bits per heavy atom. The van der Waals surface area contributed by atoms with Crippen LogP contribution >= 0.6 is 11.8 Å². The molecule has 7 heteroatoms. The molecular formula is C18H13F2NO3S. The summed E-state index contributed by atoms with van der Waals surface area (Å²) < 4.78 is 30.8. The lowest BCUT2D eigenvalue weighted by Gasteiger charge is -2.14. The number of aromatic nitrogens is 1. The van der Waals surface area contributed by atoms with Crippen LogP contribution in [0.1, 0.15) is 17.3 Å². The second-order valence-electron chi connectivity index (χ2n) is 5.28. The summed E-state index contributed by atoms with van der Waals surface area (Å²) in [6.45, 7) is 1.91. The first kappa shape index (κ1) is 17.2. The van der Waals surface area contributed by atoms with Crippen molar-refractivity contribution < 1.29 is 18.7 Å². The Hall–Kier alpha value is -2.67. The average Bonchev–Trinajstić information content (AvgIpc) is 2.60. The Morgan fingerprint density at radius 3 is 2.52 bits per heavy atom. The summed E-state index contributed by atoms with van der Waals surface area (Å²) in [6, 6.07) is 9.63. The molecule has 0 radical (unpaired) electrons. The molecule has 1 aromatic heterocycles. The molecule has 0 spiro atoms. The fourth-order valence-corrected chi connectivity index (χ4v) is 3.44. The molecule has 0 amide bonds. The second kappa shape index (κ2) is 6.68. The van der Waals surface area contributed by atoms with Gasteiger partial charge in [0, 0.05) is 17.6 Å². The van der Waals surface area contributed by atoms with Crippen LogP contribution in [0.25, 0.3) is 10.9 Å². The summed E-state index contributed by atoms with van der Waals surface area (Å²) in [5.41, 5.74) is -1.52. The molecule has 3 aromatic rings. The Morgan fingerprint density at radius 1 is 1.24 bits per heavy atom. The number of aryl methyl sites for hydroxylation is 1. The molecule has 0 atom stereocenters. The van der Waals surface area contributed by atoms with Crippen molar-refractivity contribution in [3.8, 4) is 0 Å². The van der Waals surface area contributed by atoms with Crippen LogP contribution < -0.4 is 5.43 Å². The van der Waals surface area contributed by atoms with E-state index in [1.807, 2.05) is 0 Å². The number of carboxylic acids is 1. The van der Waals surface area contributed by atoms with Gasteiger partial charge in [0.15, 0.2) is 5.82 Å². The van der Waals surface area contributed by atoms with Crippen LogP contribution in [0.3, 0.4) is 0 Å². The van der Waals surface area contributed by atoms with Gasteiger partial charge < -0.3 is 9.67 Å².